The van der Waals surface area contributed by atoms with E-state index in [2.05, 4.69) is 16.4 Å². The average molecular weight is 300 g/mol. The van der Waals surface area contributed by atoms with Crippen molar-refractivity contribution in [3.05, 3.63) is 53.0 Å². The molecule has 0 aliphatic carbocycles. The van der Waals surface area contributed by atoms with Crippen LogP contribution in [0.1, 0.15) is 23.5 Å². The Hall–Kier alpha value is -2.11. The number of nitrogens with one attached hydrogen (secondary N) is 1. The summed E-state index contributed by atoms with van der Waals surface area (Å²) in [6, 6.07) is 12.7. The second-order valence-corrected chi connectivity index (χ2v) is 6.04. The molecule has 21 heavy (non-hydrogen) atoms. The van der Waals surface area contributed by atoms with Gasteiger partial charge in [0.15, 0.2) is 0 Å². The van der Waals surface area contributed by atoms with E-state index in [-0.39, 0.29) is 17.5 Å². The van der Waals surface area contributed by atoms with Crippen LogP contribution in [0.3, 0.4) is 0 Å². The van der Waals surface area contributed by atoms with E-state index in [1.165, 1.54) is 10.8 Å². The first kappa shape index (κ1) is 13.9. The molecule has 3 aromatic rings. The van der Waals surface area contributed by atoms with Crippen molar-refractivity contribution in [2.45, 2.75) is 19.5 Å². The molecule has 0 aliphatic rings. The van der Waals surface area contributed by atoms with E-state index in [9.17, 15) is 10.2 Å². The highest BCUT2D eigenvalue weighted by molar-refractivity contribution is 7.18. The molecular formula is C16H16N2O2S. The zero-order chi connectivity index (χ0) is 14.8. The molecule has 1 heterocycles. The minimum Gasteiger partial charge on any atom is -0.508 e. The minimum absolute atomic E-state index is 0.0300. The van der Waals surface area contributed by atoms with Gasteiger partial charge in [-0.2, -0.15) is 0 Å². The molecule has 1 aromatic heterocycles. The maximum Gasteiger partial charge on any atom is 0.124 e. The van der Waals surface area contributed by atoms with Gasteiger partial charge in [0.2, 0.25) is 0 Å². The predicted molar refractivity (Wildman–Crippen MR) is 84.6 cm³/mol. The number of phenols is 2. The number of phenolic OH excluding ortho intramolecular Hbond substituents is 2. The van der Waals surface area contributed by atoms with Crippen molar-refractivity contribution in [2.75, 3.05) is 0 Å². The Morgan fingerprint density at radius 1 is 1.19 bits per heavy atom. The number of rotatable bonds is 4. The minimum atomic E-state index is -0.0300. The van der Waals surface area contributed by atoms with Crippen molar-refractivity contribution in [1.82, 2.24) is 10.3 Å². The van der Waals surface area contributed by atoms with Gasteiger partial charge in [-0.15, -0.1) is 11.3 Å². The van der Waals surface area contributed by atoms with Crippen molar-refractivity contribution < 1.29 is 10.2 Å². The monoisotopic (exact) mass is 300 g/mol. The van der Waals surface area contributed by atoms with Crippen LogP contribution in [0.2, 0.25) is 0 Å². The molecule has 0 fully saturated rings. The second kappa shape index (κ2) is 5.71. The van der Waals surface area contributed by atoms with E-state index in [0.29, 0.717) is 6.54 Å². The van der Waals surface area contributed by atoms with E-state index in [0.717, 1.165) is 16.1 Å². The van der Waals surface area contributed by atoms with E-state index in [1.54, 1.807) is 23.5 Å². The lowest BCUT2D eigenvalue weighted by Crippen LogP contribution is -2.18. The van der Waals surface area contributed by atoms with Gasteiger partial charge in [-0.1, -0.05) is 18.2 Å². The highest BCUT2D eigenvalue weighted by Gasteiger charge is 2.11. The Morgan fingerprint density at radius 3 is 2.76 bits per heavy atom. The van der Waals surface area contributed by atoms with Gasteiger partial charge in [0, 0.05) is 24.2 Å². The highest BCUT2D eigenvalue weighted by Crippen LogP contribution is 2.28. The molecule has 0 bridgehead atoms. The first-order chi connectivity index (χ1) is 10.1. The normalized spacial score (nSPS) is 12.6. The summed E-state index contributed by atoms with van der Waals surface area (Å²) < 4.78 is 1.18. The van der Waals surface area contributed by atoms with Crippen LogP contribution in [-0.4, -0.2) is 15.2 Å². The van der Waals surface area contributed by atoms with Crippen molar-refractivity contribution >= 4 is 21.6 Å². The van der Waals surface area contributed by atoms with Gasteiger partial charge in [0.1, 0.15) is 16.5 Å². The van der Waals surface area contributed by atoms with Crippen molar-refractivity contribution in [3.8, 4) is 11.5 Å². The molecule has 0 spiro atoms. The first-order valence-electron chi connectivity index (χ1n) is 6.73. The van der Waals surface area contributed by atoms with Gasteiger partial charge in [-0.25, -0.2) is 4.98 Å². The van der Waals surface area contributed by atoms with Crippen LogP contribution in [0.25, 0.3) is 10.2 Å². The van der Waals surface area contributed by atoms with Crippen LogP contribution in [-0.2, 0) is 6.54 Å². The number of hydrogen-bond acceptors (Lipinski definition) is 5. The molecule has 5 heteroatoms. The third kappa shape index (κ3) is 2.99. The third-order valence-electron chi connectivity index (χ3n) is 3.38. The van der Waals surface area contributed by atoms with Gasteiger partial charge in [-0.3, -0.25) is 0 Å². The lowest BCUT2D eigenvalue weighted by Gasteiger charge is -2.14. The third-order valence-corrected chi connectivity index (χ3v) is 4.41. The molecule has 0 aliphatic heterocycles. The fraction of sp³-hybridized carbons (Fsp3) is 0.188. The molecule has 3 rings (SSSR count). The van der Waals surface area contributed by atoms with Crippen LogP contribution in [0.5, 0.6) is 11.5 Å². The molecule has 0 amide bonds. The number of nitrogens with zero attached hydrogens (tertiary/aromatic N) is 1. The van der Waals surface area contributed by atoms with Crippen molar-refractivity contribution in [1.29, 1.82) is 0 Å². The molecule has 4 nitrogen and oxygen atoms in total. The number of thiazole rings is 1. The highest BCUT2D eigenvalue weighted by atomic mass is 32.1. The van der Waals surface area contributed by atoms with Crippen molar-refractivity contribution in [2.24, 2.45) is 0 Å². The number of aromatic nitrogens is 1. The standard InChI is InChI=1S/C16H16N2O2S/c1-10(12-7-6-11(19)8-14(12)20)17-9-16-18-13-4-2-3-5-15(13)21-16/h2-8,10,17,19-20H,9H2,1H3. The molecule has 0 saturated heterocycles. The lowest BCUT2D eigenvalue weighted by atomic mass is 10.1. The molecule has 3 N–H and O–H groups in total. The fourth-order valence-corrected chi connectivity index (χ4v) is 3.16. The van der Waals surface area contributed by atoms with E-state index in [4.69, 9.17) is 0 Å². The topological polar surface area (TPSA) is 65.4 Å². The molecule has 0 saturated carbocycles. The number of benzene rings is 2. The predicted octanol–water partition coefficient (Wildman–Crippen LogP) is 3.56. The molecule has 108 valence electrons. The SMILES string of the molecule is CC(NCc1nc2ccccc2s1)c1ccc(O)cc1O. The average Bonchev–Trinajstić information content (AvgIpc) is 2.87. The fourth-order valence-electron chi connectivity index (χ4n) is 2.24. The van der Waals surface area contributed by atoms with Gasteiger partial charge >= 0.3 is 0 Å². The second-order valence-electron chi connectivity index (χ2n) is 4.92. The maximum atomic E-state index is 9.86. The zero-order valence-corrected chi connectivity index (χ0v) is 12.4. The summed E-state index contributed by atoms with van der Waals surface area (Å²) >= 11 is 1.66. The molecule has 1 atom stereocenters. The molecule has 0 radical (unpaired) electrons. The smallest absolute Gasteiger partial charge is 0.124 e. The summed E-state index contributed by atoms with van der Waals surface area (Å²) in [5, 5.41) is 23.5. The number of aromatic hydroxyl groups is 2. The largest absolute Gasteiger partial charge is 0.508 e. The Morgan fingerprint density at radius 2 is 2.00 bits per heavy atom. The summed E-state index contributed by atoms with van der Waals surface area (Å²) in [6.07, 6.45) is 0. The molecular weight excluding hydrogens is 284 g/mol. The Kier molecular flexibility index (Phi) is 3.77. The maximum absolute atomic E-state index is 9.86. The van der Waals surface area contributed by atoms with Crippen LogP contribution < -0.4 is 5.32 Å². The number of fused-ring (bicyclic) bond motifs is 1. The summed E-state index contributed by atoms with van der Waals surface area (Å²) in [5.74, 6) is 0.161. The zero-order valence-electron chi connectivity index (χ0n) is 11.6. The van der Waals surface area contributed by atoms with Gasteiger partial charge in [0.05, 0.1) is 10.2 Å². The van der Waals surface area contributed by atoms with Crippen LogP contribution in [0.4, 0.5) is 0 Å². The molecule has 1 unspecified atom stereocenters. The summed E-state index contributed by atoms with van der Waals surface area (Å²) in [5.41, 5.74) is 1.77. The van der Waals surface area contributed by atoms with Gasteiger partial charge in [0.25, 0.3) is 0 Å². The number of para-hydroxylation sites is 1. The first-order valence-corrected chi connectivity index (χ1v) is 7.55. The Labute approximate surface area is 126 Å². The van der Waals surface area contributed by atoms with Crippen LogP contribution in [0, 0.1) is 0 Å². The van der Waals surface area contributed by atoms with Crippen molar-refractivity contribution in [3.63, 3.8) is 0 Å². The van der Waals surface area contributed by atoms with Gasteiger partial charge < -0.3 is 15.5 Å². The summed E-state index contributed by atoms with van der Waals surface area (Å²) in [7, 11) is 0. The van der Waals surface area contributed by atoms with Crippen LogP contribution in [0.15, 0.2) is 42.5 Å². The van der Waals surface area contributed by atoms with Crippen LogP contribution >= 0.6 is 11.3 Å². The lowest BCUT2D eigenvalue weighted by molar-refractivity contribution is 0.436. The number of hydrogen-bond donors (Lipinski definition) is 3. The Bertz CT molecular complexity index is 737. The summed E-state index contributed by atoms with van der Waals surface area (Å²) in [4.78, 5) is 4.57. The van der Waals surface area contributed by atoms with E-state index >= 15 is 0 Å². The molecule has 2 aromatic carbocycles. The quantitative estimate of drug-likeness (QED) is 0.689. The van der Waals surface area contributed by atoms with E-state index in [1.807, 2.05) is 25.1 Å². The van der Waals surface area contributed by atoms with Gasteiger partial charge in [-0.05, 0) is 25.1 Å². The van der Waals surface area contributed by atoms with E-state index < -0.39 is 0 Å². The Balaban J connectivity index is 1.71. The summed E-state index contributed by atoms with van der Waals surface area (Å²) in [6.45, 7) is 2.61.